The molecule has 0 radical (unpaired) electrons. The lowest BCUT2D eigenvalue weighted by atomic mass is 10.0. The zero-order valence-electron chi connectivity index (χ0n) is 10.2. The van der Waals surface area contributed by atoms with Crippen molar-refractivity contribution in [1.29, 1.82) is 0 Å². The molecule has 0 bridgehead atoms. The predicted molar refractivity (Wildman–Crippen MR) is 70.6 cm³/mol. The van der Waals surface area contributed by atoms with Crippen LogP contribution in [0.5, 0.6) is 0 Å². The van der Waals surface area contributed by atoms with Gasteiger partial charge in [0.2, 0.25) is 0 Å². The van der Waals surface area contributed by atoms with E-state index in [4.69, 9.17) is 0 Å². The summed E-state index contributed by atoms with van der Waals surface area (Å²) in [5.74, 6) is 0.0217. The third kappa shape index (κ3) is 1.54. The van der Waals surface area contributed by atoms with Gasteiger partial charge in [-0.25, -0.2) is 0 Å². The molecule has 4 nitrogen and oxygen atoms in total. The van der Waals surface area contributed by atoms with Crippen LogP contribution in [0.1, 0.15) is 23.0 Å². The number of Topliss-reactive ketones (excluding diaryl/α,β-unsaturated/α-hetero) is 1. The molecule has 0 unspecified atom stereocenters. The minimum Gasteiger partial charge on any atom is -0.352 e. The van der Waals surface area contributed by atoms with Crippen molar-refractivity contribution in [3.63, 3.8) is 0 Å². The zero-order chi connectivity index (χ0) is 12.7. The molecule has 90 valence electrons. The fourth-order valence-electron chi connectivity index (χ4n) is 2.24. The van der Waals surface area contributed by atoms with Gasteiger partial charge in [0.05, 0.1) is 11.4 Å². The first kappa shape index (κ1) is 10.8. The fourth-order valence-corrected chi connectivity index (χ4v) is 2.24. The Morgan fingerprint density at radius 1 is 1.28 bits per heavy atom. The predicted octanol–water partition coefficient (Wildman–Crippen LogP) is 3.07. The molecule has 0 fully saturated rings. The maximum absolute atomic E-state index is 11.8. The van der Waals surface area contributed by atoms with Gasteiger partial charge in [0, 0.05) is 29.6 Å². The Hall–Kier alpha value is -2.36. The Morgan fingerprint density at radius 2 is 2.11 bits per heavy atom. The van der Waals surface area contributed by atoms with Crippen LogP contribution in [0.3, 0.4) is 0 Å². The van der Waals surface area contributed by atoms with Crippen molar-refractivity contribution in [2.75, 3.05) is 0 Å². The van der Waals surface area contributed by atoms with Crippen LogP contribution in [0.2, 0.25) is 0 Å². The van der Waals surface area contributed by atoms with E-state index in [1.54, 1.807) is 13.1 Å². The van der Waals surface area contributed by atoms with E-state index in [-0.39, 0.29) is 5.78 Å². The van der Waals surface area contributed by atoms with E-state index in [2.05, 4.69) is 21.2 Å². The van der Waals surface area contributed by atoms with Gasteiger partial charge < -0.3 is 4.98 Å². The largest absolute Gasteiger partial charge is 0.352 e. The molecular weight excluding hydrogens is 226 g/mol. The van der Waals surface area contributed by atoms with E-state index in [9.17, 15) is 4.79 Å². The van der Waals surface area contributed by atoms with Gasteiger partial charge >= 0.3 is 0 Å². The molecule has 2 heterocycles. The van der Waals surface area contributed by atoms with Crippen molar-refractivity contribution < 1.29 is 4.79 Å². The number of hydrogen-bond donors (Lipinski definition) is 2. The third-order valence-corrected chi connectivity index (χ3v) is 3.08. The van der Waals surface area contributed by atoms with E-state index in [1.165, 1.54) is 0 Å². The lowest BCUT2D eigenvalue weighted by Gasteiger charge is -1.99. The fraction of sp³-hybridized carbons (Fsp3) is 0.143. The smallest absolute Gasteiger partial charge is 0.176 e. The molecule has 0 aliphatic carbocycles. The number of fused-ring (bicyclic) bond motifs is 1. The van der Waals surface area contributed by atoms with Crippen LogP contribution in [0.4, 0.5) is 0 Å². The van der Waals surface area contributed by atoms with Crippen LogP contribution in [0, 0.1) is 6.92 Å². The number of ketones is 1. The number of aromatic nitrogens is 3. The molecule has 2 aromatic heterocycles. The number of carbonyl (C=O) groups is 1. The van der Waals surface area contributed by atoms with Gasteiger partial charge in [0.1, 0.15) is 0 Å². The number of rotatable bonds is 2. The minimum atomic E-state index is 0.0217. The molecule has 0 spiro atoms. The summed E-state index contributed by atoms with van der Waals surface area (Å²) in [6, 6.07) is 7.97. The van der Waals surface area contributed by atoms with Crippen molar-refractivity contribution >= 4 is 16.7 Å². The summed E-state index contributed by atoms with van der Waals surface area (Å²) in [6.07, 6.45) is 1.69. The van der Waals surface area contributed by atoms with E-state index in [0.29, 0.717) is 5.69 Å². The lowest BCUT2D eigenvalue weighted by molar-refractivity contribution is 0.101. The van der Waals surface area contributed by atoms with Crippen molar-refractivity contribution in [3.05, 3.63) is 41.7 Å². The van der Waals surface area contributed by atoms with Gasteiger partial charge in [-0.3, -0.25) is 9.89 Å². The molecule has 4 heteroatoms. The first-order chi connectivity index (χ1) is 8.66. The normalized spacial score (nSPS) is 11.0. The van der Waals surface area contributed by atoms with Gasteiger partial charge in [0.25, 0.3) is 0 Å². The average molecular weight is 239 g/mol. The van der Waals surface area contributed by atoms with E-state index in [0.717, 1.165) is 27.7 Å². The van der Waals surface area contributed by atoms with Gasteiger partial charge in [-0.05, 0) is 25.1 Å². The highest BCUT2D eigenvalue weighted by Crippen LogP contribution is 2.31. The zero-order valence-corrected chi connectivity index (χ0v) is 10.2. The number of H-pyrrole nitrogens is 2. The molecule has 3 rings (SSSR count). The van der Waals surface area contributed by atoms with Gasteiger partial charge in [-0.2, -0.15) is 5.10 Å². The van der Waals surface area contributed by atoms with Crippen molar-refractivity contribution in [2.45, 2.75) is 13.8 Å². The van der Waals surface area contributed by atoms with E-state index >= 15 is 0 Å². The highest BCUT2D eigenvalue weighted by Gasteiger charge is 2.17. The second kappa shape index (κ2) is 3.84. The molecule has 0 amide bonds. The maximum Gasteiger partial charge on any atom is 0.176 e. The number of nitrogens with zero attached hydrogens (tertiary/aromatic N) is 1. The Bertz CT molecular complexity index is 723. The molecule has 0 saturated heterocycles. The van der Waals surface area contributed by atoms with Gasteiger partial charge in [0.15, 0.2) is 5.78 Å². The number of hydrogen-bond acceptors (Lipinski definition) is 2. The van der Waals surface area contributed by atoms with Gasteiger partial charge in [-0.15, -0.1) is 0 Å². The quantitative estimate of drug-likeness (QED) is 0.675. The maximum atomic E-state index is 11.8. The molecule has 0 aliphatic heterocycles. The van der Waals surface area contributed by atoms with E-state index in [1.807, 2.05) is 25.1 Å². The monoisotopic (exact) mass is 239 g/mol. The molecule has 1 aromatic carbocycles. The molecular formula is C14H13N3O. The number of carbonyl (C=O) groups excluding carboxylic acids is 1. The summed E-state index contributed by atoms with van der Waals surface area (Å²) in [5.41, 5.74) is 4.52. The minimum absolute atomic E-state index is 0.0217. The Labute approximate surface area is 104 Å². The van der Waals surface area contributed by atoms with Crippen molar-refractivity contribution in [3.8, 4) is 11.3 Å². The summed E-state index contributed by atoms with van der Waals surface area (Å²) >= 11 is 0. The second-order valence-electron chi connectivity index (χ2n) is 4.45. The molecule has 0 saturated carbocycles. The first-order valence-corrected chi connectivity index (χ1v) is 5.80. The summed E-state index contributed by atoms with van der Waals surface area (Å²) < 4.78 is 0. The number of benzene rings is 1. The molecule has 2 N–H and O–H groups in total. The van der Waals surface area contributed by atoms with Crippen molar-refractivity contribution in [1.82, 2.24) is 15.2 Å². The number of aromatic amines is 2. The topological polar surface area (TPSA) is 61.5 Å². The molecule has 0 aliphatic rings. The summed E-state index contributed by atoms with van der Waals surface area (Å²) in [7, 11) is 0. The highest BCUT2D eigenvalue weighted by atomic mass is 16.1. The van der Waals surface area contributed by atoms with Crippen LogP contribution < -0.4 is 0 Å². The van der Waals surface area contributed by atoms with Crippen molar-refractivity contribution in [2.24, 2.45) is 0 Å². The Balaban J connectivity index is 2.41. The highest BCUT2D eigenvalue weighted by molar-refractivity contribution is 6.09. The Morgan fingerprint density at radius 3 is 2.78 bits per heavy atom. The number of aryl methyl sites for hydroxylation is 1. The lowest BCUT2D eigenvalue weighted by Crippen LogP contribution is -1.95. The average Bonchev–Trinajstić information content (AvgIpc) is 2.93. The molecule has 3 aromatic rings. The van der Waals surface area contributed by atoms with Crippen LogP contribution in [0.15, 0.2) is 30.5 Å². The second-order valence-corrected chi connectivity index (χ2v) is 4.45. The third-order valence-electron chi connectivity index (χ3n) is 3.08. The first-order valence-electron chi connectivity index (χ1n) is 5.80. The molecule has 18 heavy (non-hydrogen) atoms. The van der Waals surface area contributed by atoms with E-state index < -0.39 is 0 Å². The summed E-state index contributed by atoms with van der Waals surface area (Å²) in [4.78, 5) is 14.9. The standard InChI is InChI=1S/C14H13N3O/c1-8-3-4-11-10(7-8)13(12-5-6-15-17-12)14(16-11)9(2)18/h3-7,16H,1-2H3,(H,15,17). The van der Waals surface area contributed by atoms with Crippen LogP contribution in [0.25, 0.3) is 22.2 Å². The van der Waals surface area contributed by atoms with Gasteiger partial charge in [-0.1, -0.05) is 11.6 Å². The SMILES string of the molecule is CC(=O)c1[nH]c2ccc(C)cc2c1-c1ccn[nH]1. The summed E-state index contributed by atoms with van der Waals surface area (Å²) in [5, 5.41) is 7.93. The van der Waals surface area contributed by atoms with Crippen LogP contribution >= 0.6 is 0 Å². The van der Waals surface area contributed by atoms with Crippen LogP contribution in [-0.4, -0.2) is 21.0 Å². The summed E-state index contributed by atoms with van der Waals surface area (Å²) in [6.45, 7) is 3.61. The Kier molecular flexibility index (Phi) is 2.30. The number of nitrogens with one attached hydrogen (secondary N) is 2. The molecule has 0 atom stereocenters. The van der Waals surface area contributed by atoms with Crippen LogP contribution in [-0.2, 0) is 0 Å².